The first-order valence-corrected chi connectivity index (χ1v) is 22.3. The minimum absolute atomic E-state index is 0.862. The summed E-state index contributed by atoms with van der Waals surface area (Å²) in [5.41, 5.74) is 19.6. The summed E-state index contributed by atoms with van der Waals surface area (Å²) in [5.74, 6) is 0.862. The minimum Gasteiger partial charge on any atom is -0.338 e. The number of rotatable bonds is 8. The van der Waals surface area contributed by atoms with E-state index in [4.69, 9.17) is 4.98 Å². The van der Waals surface area contributed by atoms with Crippen LogP contribution >= 0.6 is 0 Å². The van der Waals surface area contributed by atoms with Gasteiger partial charge in [-0.25, -0.2) is 4.98 Å². The van der Waals surface area contributed by atoms with Crippen molar-refractivity contribution in [2.24, 2.45) is 0 Å². The van der Waals surface area contributed by atoms with Crippen molar-refractivity contribution in [3.05, 3.63) is 249 Å². The van der Waals surface area contributed by atoms with E-state index in [9.17, 15) is 0 Å². The van der Waals surface area contributed by atoms with Crippen LogP contribution in [0.4, 0.5) is 0 Å². The molecule has 0 unspecified atom stereocenters. The fourth-order valence-electron chi connectivity index (χ4n) is 9.65. The first kappa shape index (κ1) is 38.1. The number of fused-ring (bicyclic) bond motifs is 3. The van der Waals surface area contributed by atoms with Crippen LogP contribution in [0.25, 0.3) is 122 Å². The van der Waals surface area contributed by atoms with Crippen LogP contribution in [-0.2, 0) is 0 Å². The van der Waals surface area contributed by atoms with E-state index in [1.54, 1.807) is 0 Å². The van der Waals surface area contributed by atoms with Crippen molar-refractivity contribution in [3.63, 3.8) is 0 Å². The maximum absolute atomic E-state index is 4.97. The summed E-state index contributed by atoms with van der Waals surface area (Å²) in [7, 11) is 0. The Balaban J connectivity index is 1.16. The average molecular weight is 827 g/mol. The van der Waals surface area contributed by atoms with Crippen molar-refractivity contribution in [3.8, 4) is 89.3 Å². The number of aromatic amines is 1. The van der Waals surface area contributed by atoms with E-state index >= 15 is 0 Å². The fraction of sp³-hybridized carbons (Fsp3) is 0. The second-order valence-electron chi connectivity index (χ2n) is 16.8. The lowest BCUT2D eigenvalue weighted by Crippen LogP contribution is -1.94. The van der Waals surface area contributed by atoms with E-state index in [1.165, 1.54) is 88.3 Å². The predicted octanol–water partition coefficient (Wildman–Crippen LogP) is 17.2. The highest BCUT2D eigenvalue weighted by Crippen LogP contribution is 2.48. The Morgan fingerprint density at radius 3 is 1.11 bits per heavy atom. The van der Waals surface area contributed by atoms with Gasteiger partial charge in [-0.05, 0) is 160 Å². The Kier molecular flexibility index (Phi) is 9.54. The number of H-pyrrole nitrogens is 1. The third-order valence-corrected chi connectivity index (χ3v) is 12.8. The number of benzene rings is 11. The number of hydrogen-bond donors (Lipinski definition) is 1. The van der Waals surface area contributed by atoms with Gasteiger partial charge in [0.15, 0.2) is 0 Å². The Morgan fingerprint density at radius 2 is 0.600 bits per heavy atom. The zero-order chi connectivity index (χ0) is 43.1. The molecular formula is C63H42N2. The van der Waals surface area contributed by atoms with Crippen LogP contribution in [0.15, 0.2) is 249 Å². The maximum atomic E-state index is 4.97. The van der Waals surface area contributed by atoms with E-state index in [0.29, 0.717) is 0 Å². The lowest BCUT2D eigenvalue weighted by molar-refractivity contribution is 1.34. The summed E-state index contributed by atoms with van der Waals surface area (Å²) in [6.45, 7) is 0. The molecule has 2 heteroatoms. The Bertz CT molecular complexity index is 3530. The van der Waals surface area contributed by atoms with Gasteiger partial charge in [-0.1, -0.05) is 188 Å². The molecule has 0 amide bonds. The molecule has 0 spiro atoms. The van der Waals surface area contributed by atoms with Gasteiger partial charge in [0.1, 0.15) is 5.82 Å². The molecular weight excluding hydrogens is 785 g/mol. The molecule has 12 aromatic rings. The van der Waals surface area contributed by atoms with Gasteiger partial charge in [0.2, 0.25) is 0 Å². The van der Waals surface area contributed by atoms with Crippen LogP contribution in [0.5, 0.6) is 0 Å². The van der Waals surface area contributed by atoms with Crippen molar-refractivity contribution in [2.75, 3.05) is 0 Å². The smallest absolute Gasteiger partial charge is 0.138 e. The molecule has 11 aromatic carbocycles. The third-order valence-electron chi connectivity index (χ3n) is 12.8. The second-order valence-corrected chi connectivity index (χ2v) is 16.8. The van der Waals surface area contributed by atoms with Gasteiger partial charge in [0.05, 0.1) is 11.0 Å². The van der Waals surface area contributed by atoms with Crippen LogP contribution in [-0.4, -0.2) is 9.97 Å². The SMILES string of the molecule is c1ccc(-c2cc(-c3ccccc3)cc(-c3c4ccccc4c(-c4cc(-c5ccccc5)cc(-c5ccccc5)c4)c4cc(-c5cccc(-c6nc7ccccc7[nH]6)c5)ccc34)c2)cc1. The van der Waals surface area contributed by atoms with E-state index in [0.717, 1.165) is 33.5 Å². The third kappa shape index (κ3) is 7.18. The number of para-hydroxylation sites is 2. The zero-order valence-corrected chi connectivity index (χ0v) is 35.6. The van der Waals surface area contributed by atoms with Crippen LogP contribution in [0.2, 0.25) is 0 Å². The quantitative estimate of drug-likeness (QED) is 0.152. The molecule has 2 nitrogen and oxygen atoms in total. The van der Waals surface area contributed by atoms with Gasteiger partial charge < -0.3 is 4.98 Å². The standard InChI is InChI=1S/C63H42N2/c1-5-18-42(19-6-1)49-35-50(43-20-7-2-8-21-43)38-53(37-49)61-55-28-13-14-29-56(55)62(54-39-51(44-22-9-3-10-23-44)36-52(40-54)45-24-11-4-12-25-45)58-41-47(32-33-57(58)61)46-26-17-27-48(34-46)63-64-59-30-15-16-31-60(59)65-63/h1-41H,(H,64,65). The van der Waals surface area contributed by atoms with Crippen molar-refractivity contribution < 1.29 is 0 Å². The van der Waals surface area contributed by atoms with E-state index < -0.39 is 0 Å². The van der Waals surface area contributed by atoms with Crippen molar-refractivity contribution >= 4 is 32.6 Å². The summed E-state index contributed by atoms with van der Waals surface area (Å²) >= 11 is 0. The fourth-order valence-corrected chi connectivity index (χ4v) is 9.65. The summed E-state index contributed by atoms with van der Waals surface area (Å²) in [6.07, 6.45) is 0. The molecule has 1 N–H and O–H groups in total. The van der Waals surface area contributed by atoms with E-state index in [2.05, 4.69) is 242 Å². The van der Waals surface area contributed by atoms with Gasteiger partial charge in [-0.15, -0.1) is 0 Å². The number of nitrogens with one attached hydrogen (secondary N) is 1. The van der Waals surface area contributed by atoms with Crippen LogP contribution in [0, 0.1) is 0 Å². The van der Waals surface area contributed by atoms with E-state index in [1.807, 2.05) is 12.1 Å². The Hall–Kier alpha value is -8.59. The second kappa shape index (κ2) is 16.3. The molecule has 304 valence electrons. The summed E-state index contributed by atoms with van der Waals surface area (Å²) in [5, 5.41) is 4.82. The molecule has 0 saturated carbocycles. The summed E-state index contributed by atoms with van der Waals surface area (Å²) in [6, 6.07) is 90.4. The number of nitrogens with zero attached hydrogens (tertiary/aromatic N) is 1. The van der Waals surface area contributed by atoms with Gasteiger partial charge in [0, 0.05) is 5.56 Å². The largest absolute Gasteiger partial charge is 0.338 e. The monoisotopic (exact) mass is 826 g/mol. The molecule has 0 atom stereocenters. The molecule has 12 rings (SSSR count). The highest BCUT2D eigenvalue weighted by atomic mass is 14.9. The molecule has 1 aromatic heterocycles. The van der Waals surface area contributed by atoms with Crippen molar-refractivity contribution in [2.45, 2.75) is 0 Å². The lowest BCUT2D eigenvalue weighted by Gasteiger charge is -2.21. The normalized spacial score (nSPS) is 11.4. The number of aromatic nitrogens is 2. The van der Waals surface area contributed by atoms with Crippen molar-refractivity contribution in [1.29, 1.82) is 0 Å². The minimum atomic E-state index is 0.862. The van der Waals surface area contributed by atoms with Gasteiger partial charge >= 0.3 is 0 Å². The molecule has 65 heavy (non-hydrogen) atoms. The zero-order valence-electron chi connectivity index (χ0n) is 35.6. The van der Waals surface area contributed by atoms with E-state index in [-0.39, 0.29) is 0 Å². The highest BCUT2D eigenvalue weighted by molar-refractivity contribution is 6.22. The van der Waals surface area contributed by atoms with Gasteiger partial charge in [0.25, 0.3) is 0 Å². The van der Waals surface area contributed by atoms with Gasteiger partial charge in [-0.2, -0.15) is 0 Å². The van der Waals surface area contributed by atoms with Crippen LogP contribution in [0.1, 0.15) is 0 Å². The van der Waals surface area contributed by atoms with Gasteiger partial charge in [-0.3, -0.25) is 0 Å². The summed E-state index contributed by atoms with van der Waals surface area (Å²) in [4.78, 5) is 8.53. The first-order valence-electron chi connectivity index (χ1n) is 22.3. The molecule has 0 fully saturated rings. The molecule has 0 aliphatic rings. The lowest BCUT2D eigenvalue weighted by atomic mass is 9.82. The highest BCUT2D eigenvalue weighted by Gasteiger charge is 2.21. The number of hydrogen-bond acceptors (Lipinski definition) is 1. The topological polar surface area (TPSA) is 28.7 Å². The average Bonchev–Trinajstić information content (AvgIpc) is 3.83. The molecule has 0 radical (unpaired) electrons. The molecule has 0 aliphatic carbocycles. The maximum Gasteiger partial charge on any atom is 0.138 e. The Labute approximate surface area is 378 Å². The first-order chi connectivity index (χ1) is 32.2. The molecule has 0 aliphatic heterocycles. The molecule has 1 heterocycles. The summed E-state index contributed by atoms with van der Waals surface area (Å²) < 4.78 is 0. The Morgan fingerprint density at radius 1 is 0.231 bits per heavy atom. The molecule has 0 bridgehead atoms. The molecule has 0 saturated heterocycles. The van der Waals surface area contributed by atoms with Crippen molar-refractivity contribution in [1.82, 2.24) is 9.97 Å². The van der Waals surface area contributed by atoms with Crippen LogP contribution in [0.3, 0.4) is 0 Å². The predicted molar refractivity (Wildman–Crippen MR) is 275 cm³/mol. The van der Waals surface area contributed by atoms with Crippen LogP contribution < -0.4 is 0 Å². The number of imidazole rings is 1.